The summed E-state index contributed by atoms with van der Waals surface area (Å²) < 4.78 is 0. The normalized spacial score (nSPS) is 26.9. The summed E-state index contributed by atoms with van der Waals surface area (Å²) in [6.45, 7) is 4.03. The summed E-state index contributed by atoms with van der Waals surface area (Å²) in [5.41, 5.74) is 0. The molecule has 0 saturated carbocycles. The number of aliphatic hydroxyl groups is 1. The number of piperidine rings is 1. The van der Waals surface area contributed by atoms with Crippen LogP contribution in [0.25, 0.3) is 0 Å². The van der Waals surface area contributed by atoms with Crippen LogP contribution in [0.5, 0.6) is 0 Å². The van der Waals surface area contributed by atoms with E-state index in [1.807, 2.05) is 22.4 Å². The second-order valence-corrected chi connectivity index (χ2v) is 5.42. The summed E-state index contributed by atoms with van der Waals surface area (Å²) in [6, 6.07) is 3.75. The zero-order chi connectivity index (χ0) is 11.5. The van der Waals surface area contributed by atoms with Crippen molar-refractivity contribution in [3.05, 3.63) is 22.4 Å². The Morgan fingerprint density at radius 2 is 2.50 bits per heavy atom. The number of likely N-dealkylation sites (tertiary alicyclic amines) is 1. The molecule has 4 heteroatoms. The summed E-state index contributed by atoms with van der Waals surface area (Å²) in [5, 5.41) is 11.7. The van der Waals surface area contributed by atoms with Crippen LogP contribution in [0.1, 0.15) is 23.0 Å². The molecular formula is C12H17NO2S. The number of β-amino-alcohol motifs (C(OH)–C–C–N with tert-alkyl or cyclic N) is 1. The molecule has 1 aliphatic heterocycles. The van der Waals surface area contributed by atoms with Crippen LogP contribution in [0.4, 0.5) is 0 Å². The third-order valence-corrected chi connectivity index (χ3v) is 4.08. The largest absolute Gasteiger partial charge is 0.392 e. The molecule has 0 spiro atoms. The fraction of sp³-hybridized carbons (Fsp3) is 0.583. The van der Waals surface area contributed by atoms with Crippen molar-refractivity contribution in [2.24, 2.45) is 5.92 Å². The van der Waals surface area contributed by atoms with Gasteiger partial charge in [-0.1, -0.05) is 13.0 Å². The van der Waals surface area contributed by atoms with Crippen LogP contribution in [0.15, 0.2) is 17.5 Å². The number of nitrogens with zero attached hydrogens (tertiary/aromatic N) is 1. The van der Waals surface area contributed by atoms with Crippen LogP contribution in [0.2, 0.25) is 0 Å². The summed E-state index contributed by atoms with van der Waals surface area (Å²) >= 11 is 1.48. The number of carbonyl (C=O) groups is 1. The molecule has 1 aliphatic rings. The van der Waals surface area contributed by atoms with Crippen molar-refractivity contribution in [2.75, 3.05) is 19.6 Å². The maximum Gasteiger partial charge on any atom is 0.186 e. The van der Waals surface area contributed by atoms with Gasteiger partial charge in [0.25, 0.3) is 0 Å². The molecule has 2 rings (SSSR count). The highest BCUT2D eigenvalue weighted by Crippen LogP contribution is 2.18. The second kappa shape index (κ2) is 5.08. The van der Waals surface area contributed by atoms with Gasteiger partial charge in [0, 0.05) is 6.54 Å². The van der Waals surface area contributed by atoms with Crippen molar-refractivity contribution < 1.29 is 9.90 Å². The molecule has 0 aliphatic carbocycles. The number of ketones is 1. The summed E-state index contributed by atoms with van der Waals surface area (Å²) in [4.78, 5) is 14.7. The van der Waals surface area contributed by atoms with Gasteiger partial charge in [-0.25, -0.2) is 0 Å². The highest BCUT2D eigenvalue weighted by atomic mass is 32.1. The van der Waals surface area contributed by atoms with Crippen molar-refractivity contribution in [3.63, 3.8) is 0 Å². The molecule has 1 saturated heterocycles. The van der Waals surface area contributed by atoms with E-state index < -0.39 is 0 Å². The second-order valence-electron chi connectivity index (χ2n) is 4.47. The molecule has 0 bridgehead atoms. The van der Waals surface area contributed by atoms with Crippen LogP contribution in [-0.2, 0) is 0 Å². The number of rotatable bonds is 3. The maximum absolute atomic E-state index is 11.8. The molecular weight excluding hydrogens is 222 g/mol. The van der Waals surface area contributed by atoms with Crippen molar-refractivity contribution in [1.82, 2.24) is 4.90 Å². The molecule has 0 aromatic carbocycles. The van der Waals surface area contributed by atoms with Crippen molar-refractivity contribution in [3.8, 4) is 0 Å². The Morgan fingerprint density at radius 3 is 3.12 bits per heavy atom. The van der Waals surface area contributed by atoms with Crippen LogP contribution in [-0.4, -0.2) is 41.5 Å². The van der Waals surface area contributed by atoms with Crippen molar-refractivity contribution >= 4 is 17.1 Å². The first-order valence-electron chi connectivity index (χ1n) is 5.64. The Morgan fingerprint density at radius 1 is 1.69 bits per heavy atom. The van der Waals surface area contributed by atoms with E-state index in [2.05, 4.69) is 6.92 Å². The fourth-order valence-corrected chi connectivity index (χ4v) is 2.63. The zero-order valence-electron chi connectivity index (χ0n) is 9.43. The summed E-state index contributed by atoms with van der Waals surface area (Å²) in [7, 11) is 0. The molecule has 2 unspecified atom stereocenters. The van der Waals surface area contributed by atoms with E-state index in [0.717, 1.165) is 17.8 Å². The number of Topliss-reactive ketones (excluding diaryl/α,β-unsaturated/α-hetero) is 1. The van der Waals surface area contributed by atoms with E-state index in [9.17, 15) is 9.90 Å². The highest BCUT2D eigenvalue weighted by Gasteiger charge is 2.25. The van der Waals surface area contributed by atoms with Gasteiger partial charge < -0.3 is 5.11 Å². The molecule has 3 nitrogen and oxygen atoms in total. The number of carbonyl (C=O) groups excluding carboxylic acids is 1. The quantitative estimate of drug-likeness (QED) is 0.815. The lowest BCUT2D eigenvalue weighted by atomic mass is 9.96. The van der Waals surface area contributed by atoms with E-state index in [-0.39, 0.29) is 11.9 Å². The van der Waals surface area contributed by atoms with Gasteiger partial charge in [-0.3, -0.25) is 9.69 Å². The number of hydrogen-bond donors (Lipinski definition) is 1. The van der Waals surface area contributed by atoms with Gasteiger partial charge in [-0.05, 0) is 30.3 Å². The maximum atomic E-state index is 11.8. The first-order valence-corrected chi connectivity index (χ1v) is 6.52. The van der Waals surface area contributed by atoms with Crippen LogP contribution < -0.4 is 0 Å². The van der Waals surface area contributed by atoms with Crippen molar-refractivity contribution in [2.45, 2.75) is 19.4 Å². The van der Waals surface area contributed by atoms with Gasteiger partial charge in [0.05, 0.1) is 17.5 Å². The van der Waals surface area contributed by atoms with Gasteiger partial charge >= 0.3 is 0 Å². The number of thiophene rings is 1. The smallest absolute Gasteiger partial charge is 0.186 e. The Kier molecular flexibility index (Phi) is 3.74. The predicted octanol–water partition coefficient (Wildman–Crippen LogP) is 1.63. The van der Waals surface area contributed by atoms with Crippen LogP contribution in [0.3, 0.4) is 0 Å². The molecule has 88 valence electrons. The third kappa shape index (κ3) is 2.70. The standard InChI is InChI=1S/C12H17NO2S/c1-9-4-5-13(7-10(9)14)8-11(15)12-3-2-6-16-12/h2-3,6,9-10,14H,4-5,7-8H2,1H3. The predicted molar refractivity (Wildman–Crippen MR) is 64.9 cm³/mol. The topological polar surface area (TPSA) is 40.5 Å². The zero-order valence-corrected chi connectivity index (χ0v) is 10.2. The molecule has 1 aromatic heterocycles. The Labute approximate surface area is 99.7 Å². The van der Waals surface area contributed by atoms with Crippen LogP contribution in [0, 0.1) is 5.92 Å². The van der Waals surface area contributed by atoms with Crippen LogP contribution >= 0.6 is 11.3 Å². The minimum Gasteiger partial charge on any atom is -0.392 e. The third-order valence-electron chi connectivity index (χ3n) is 3.17. The average molecular weight is 239 g/mol. The summed E-state index contributed by atoms with van der Waals surface area (Å²) in [6.07, 6.45) is 0.684. The fourth-order valence-electron chi connectivity index (χ4n) is 1.98. The van der Waals surface area contributed by atoms with E-state index >= 15 is 0 Å². The average Bonchev–Trinajstić information content (AvgIpc) is 2.77. The lowest BCUT2D eigenvalue weighted by Crippen LogP contribution is -2.44. The number of hydrogen-bond acceptors (Lipinski definition) is 4. The monoisotopic (exact) mass is 239 g/mol. The summed E-state index contributed by atoms with van der Waals surface area (Å²) in [5.74, 6) is 0.518. The molecule has 0 radical (unpaired) electrons. The minimum atomic E-state index is -0.287. The van der Waals surface area contributed by atoms with Gasteiger partial charge in [-0.2, -0.15) is 0 Å². The lowest BCUT2D eigenvalue weighted by molar-refractivity contribution is 0.0295. The molecule has 16 heavy (non-hydrogen) atoms. The van der Waals surface area contributed by atoms with E-state index in [1.165, 1.54) is 11.3 Å². The van der Waals surface area contributed by atoms with Gasteiger partial charge in [0.15, 0.2) is 5.78 Å². The molecule has 2 atom stereocenters. The molecule has 2 heterocycles. The molecule has 0 amide bonds. The number of aliphatic hydroxyl groups excluding tert-OH is 1. The first kappa shape index (κ1) is 11.8. The molecule has 1 N–H and O–H groups in total. The Bertz CT molecular complexity index is 350. The van der Waals surface area contributed by atoms with Gasteiger partial charge in [0.1, 0.15) is 0 Å². The lowest BCUT2D eigenvalue weighted by Gasteiger charge is -2.33. The van der Waals surface area contributed by atoms with Crippen molar-refractivity contribution in [1.29, 1.82) is 0 Å². The van der Waals surface area contributed by atoms with Gasteiger partial charge in [-0.15, -0.1) is 11.3 Å². The minimum absolute atomic E-state index is 0.164. The van der Waals surface area contributed by atoms with E-state index in [0.29, 0.717) is 19.0 Å². The molecule has 1 aromatic rings. The molecule has 1 fully saturated rings. The Balaban J connectivity index is 1.89. The Hall–Kier alpha value is -0.710. The SMILES string of the molecule is CC1CCN(CC(=O)c2cccs2)CC1O. The highest BCUT2D eigenvalue weighted by molar-refractivity contribution is 7.12. The van der Waals surface area contributed by atoms with E-state index in [4.69, 9.17) is 0 Å². The van der Waals surface area contributed by atoms with Gasteiger partial charge in [0.2, 0.25) is 0 Å². The van der Waals surface area contributed by atoms with E-state index in [1.54, 1.807) is 0 Å². The first-order chi connectivity index (χ1) is 7.66.